The van der Waals surface area contributed by atoms with Crippen LogP contribution in [0.2, 0.25) is 0 Å². The van der Waals surface area contributed by atoms with Crippen molar-refractivity contribution in [1.82, 2.24) is 14.9 Å². The lowest BCUT2D eigenvalue weighted by atomic mass is 10.2. The van der Waals surface area contributed by atoms with E-state index in [2.05, 4.69) is 44.1 Å². The predicted octanol–water partition coefficient (Wildman–Crippen LogP) is 2.88. The highest BCUT2D eigenvalue weighted by atomic mass is 15.1. The third kappa shape index (κ3) is 4.33. The first kappa shape index (κ1) is 14.6. The van der Waals surface area contributed by atoms with Crippen LogP contribution in [0.1, 0.15) is 17.8 Å². The van der Waals surface area contributed by atoms with Crippen molar-refractivity contribution in [2.24, 2.45) is 4.99 Å². The molecule has 3 heterocycles. The molecule has 0 aromatic carbocycles. The van der Waals surface area contributed by atoms with Crippen LogP contribution in [0.3, 0.4) is 0 Å². The number of rotatable bonds is 6. The van der Waals surface area contributed by atoms with E-state index in [1.165, 1.54) is 0 Å². The maximum atomic E-state index is 4.60. The fraction of sp³-hybridized carbons (Fsp3) is 0.278. The van der Waals surface area contributed by atoms with Crippen LogP contribution in [0.4, 0.5) is 0 Å². The molecule has 1 aliphatic rings. The average Bonchev–Trinajstić information content (AvgIpc) is 2.57. The summed E-state index contributed by atoms with van der Waals surface area (Å²) < 4.78 is 0. The molecule has 0 amide bonds. The lowest BCUT2D eigenvalue weighted by Crippen LogP contribution is -2.29. The molecule has 3 rings (SSSR count). The fourth-order valence-electron chi connectivity index (χ4n) is 2.50. The van der Waals surface area contributed by atoms with Crippen LogP contribution < -0.4 is 0 Å². The summed E-state index contributed by atoms with van der Waals surface area (Å²) in [5, 5.41) is 0. The van der Waals surface area contributed by atoms with Gasteiger partial charge >= 0.3 is 0 Å². The van der Waals surface area contributed by atoms with Crippen LogP contribution in [0.15, 0.2) is 65.9 Å². The monoisotopic (exact) mass is 292 g/mol. The van der Waals surface area contributed by atoms with Crippen molar-refractivity contribution in [2.75, 3.05) is 13.1 Å². The zero-order chi connectivity index (χ0) is 15.0. The molecule has 0 bridgehead atoms. The molecule has 0 saturated carbocycles. The van der Waals surface area contributed by atoms with Crippen molar-refractivity contribution >= 4 is 5.71 Å². The molecule has 0 aliphatic carbocycles. The smallest absolute Gasteiger partial charge is 0.0544 e. The molecule has 0 spiro atoms. The Morgan fingerprint density at radius 3 is 2.05 bits per heavy atom. The molecule has 112 valence electrons. The molecule has 0 N–H and O–H groups in total. The first-order valence-electron chi connectivity index (χ1n) is 7.62. The number of hydrogen-bond acceptors (Lipinski definition) is 4. The van der Waals surface area contributed by atoms with Crippen LogP contribution in [0, 0.1) is 0 Å². The second-order valence-electron chi connectivity index (χ2n) is 5.35. The summed E-state index contributed by atoms with van der Waals surface area (Å²) in [5.41, 5.74) is 3.27. The third-order valence-electron chi connectivity index (χ3n) is 3.53. The van der Waals surface area contributed by atoms with Gasteiger partial charge in [0.2, 0.25) is 0 Å². The van der Waals surface area contributed by atoms with Crippen LogP contribution in [-0.2, 0) is 13.1 Å². The standard InChI is InChI=1S/C18H20N4/c1-4-10-19-16(7-1)13-22(14-17-8-2-5-11-20-17)15-18-9-3-6-12-21-18/h1-5,7-11H,6,12-15H2. The van der Waals surface area contributed by atoms with Gasteiger partial charge in [0.1, 0.15) is 0 Å². The van der Waals surface area contributed by atoms with E-state index in [1.807, 2.05) is 36.7 Å². The van der Waals surface area contributed by atoms with E-state index in [0.717, 1.165) is 49.7 Å². The van der Waals surface area contributed by atoms with Crippen LogP contribution in [-0.4, -0.2) is 33.7 Å². The lowest BCUT2D eigenvalue weighted by Gasteiger charge is -2.22. The molecule has 4 heteroatoms. The van der Waals surface area contributed by atoms with Gasteiger partial charge in [-0.25, -0.2) is 0 Å². The topological polar surface area (TPSA) is 41.4 Å². The molecule has 0 saturated heterocycles. The van der Waals surface area contributed by atoms with E-state index in [0.29, 0.717) is 0 Å². The zero-order valence-corrected chi connectivity index (χ0v) is 12.6. The van der Waals surface area contributed by atoms with Crippen molar-refractivity contribution in [2.45, 2.75) is 19.5 Å². The largest absolute Gasteiger partial charge is 0.288 e. The van der Waals surface area contributed by atoms with E-state index < -0.39 is 0 Å². The predicted molar refractivity (Wildman–Crippen MR) is 88.6 cm³/mol. The summed E-state index contributed by atoms with van der Waals surface area (Å²) in [7, 11) is 0. The Balaban J connectivity index is 1.72. The summed E-state index contributed by atoms with van der Waals surface area (Å²) in [4.78, 5) is 15.8. The maximum Gasteiger partial charge on any atom is 0.0544 e. The average molecular weight is 292 g/mol. The Morgan fingerprint density at radius 1 is 0.864 bits per heavy atom. The van der Waals surface area contributed by atoms with Gasteiger partial charge in [-0.2, -0.15) is 0 Å². The summed E-state index contributed by atoms with van der Waals surface area (Å²) in [5.74, 6) is 0. The Kier molecular flexibility index (Phi) is 5.05. The summed E-state index contributed by atoms with van der Waals surface area (Å²) in [6.07, 6.45) is 9.05. The second kappa shape index (κ2) is 7.61. The minimum Gasteiger partial charge on any atom is -0.288 e. The van der Waals surface area contributed by atoms with Gasteiger partial charge in [0.25, 0.3) is 0 Å². The number of aliphatic imine (C=N–C) groups is 1. The van der Waals surface area contributed by atoms with Gasteiger partial charge in [-0.3, -0.25) is 19.9 Å². The molecule has 0 radical (unpaired) electrons. The molecular formula is C18H20N4. The van der Waals surface area contributed by atoms with E-state index >= 15 is 0 Å². The Bertz CT molecular complexity index is 593. The Hall–Kier alpha value is -2.33. The number of hydrogen-bond donors (Lipinski definition) is 0. The molecule has 0 fully saturated rings. The quantitative estimate of drug-likeness (QED) is 0.822. The lowest BCUT2D eigenvalue weighted by molar-refractivity contribution is 0.288. The van der Waals surface area contributed by atoms with Crippen LogP contribution in [0.25, 0.3) is 0 Å². The maximum absolute atomic E-state index is 4.60. The van der Waals surface area contributed by atoms with E-state index in [-0.39, 0.29) is 0 Å². The second-order valence-corrected chi connectivity index (χ2v) is 5.35. The first-order valence-corrected chi connectivity index (χ1v) is 7.62. The minimum absolute atomic E-state index is 0.796. The van der Waals surface area contributed by atoms with E-state index in [1.54, 1.807) is 0 Å². The van der Waals surface area contributed by atoms with E-state index in [4.69, 9.17) is 0 Å². The van der Waals surface area contributed by atoms with Crippen molar-refractivity contribution in [3.63, 3.8) is 0 Å². The molecule has 2 aromatic heterocycles. The van der Waals surface area contributed by atoms with Gasteiger partial charge in [-0.05, 0) is 36.8 Å². The van der Waals surface area contributed by atoms with Crippen LogP contribution >= 0.6 is 0 Å². The fourth-order valence-corrected chi connectivity index (χ4v) is 2.50. The summed E-state index contributed by atoms with van der Waals surface area (Å²) in [6, 6.07) is 12.1. The number of dihydropyridines is 1. The Morgan fingerprint density at radius 2 is 1.55 bits per heavy atom. The van der Waals surface area contributed by atoms with Gasteiger partial charge in [0.15, 0.2) is 0 Å². The molecular weight excluding hydrogens is 272 g/mol. The van der Waals surface area contributed by atoms with Crippen molar-refractivity contribution in [3.8, 4) is 0 Å². The highest BCUT2D eigenvalue weighted by molar-refractivity contribution is 5.97. The molecule has 2 aromatic rings. The van der Waals surface area contributed by atoms with Crippen molar-refractivity contribution < 1.29 is 0 Å². The number of aromatic nitrogens is 2. The Labute approximate surface area is 131 Å². The van der Waals surface area contributed by atoms with E-state index in [9.17, 15) is 0 Å². The molecule has 4 nitrogen and oxygen atoms in total. The van der Waals surface area contributed by atoms with Gasteiger partial charge in [0.05, 0.1) is 11.4 Å². The highest BCUT2D eigenvalue weighted by Crippen LogP contribution is 2.08. The highest BCUT2D eigenvalue weighted by Gasteiger charge is 2.11. The van der Waals surface area contributed by atoms with Crippen LogP contribution in [0.5, 0.6) is 0 Å². The molecule has 22 heavy (non-hydrogen) atoms. The van der Waals surface area contributed by atoms with Gasteiger partial charge < -0.3 is 0 Å². The van der Waals surface area contributed by atoms with Gasteiger partial charge in [-0.1, -0.05) is 18.2 Å². The van der Waals surface area contributed by atoms with Gasteiger partial charge in [-0.15, -0.1) is 0 Å². The molecule has 0 unspecified atom stereocenters. The van der Waals surface area contributed by atoms with Gasteiger partial charge in [0, 0.05) is 44.3 Å². The number of nitrogens with zero attached hydrogens (tertiary/aromatic N) is 4. The first-order chi connectivity index (χ1) is 10.9. The molecule has 0 atom stereocenters. The zero-order valence-electron chi connectivity index (χ0n) is 12.6. The third-order valence-corrected chi connectivity index (χ3v) is 3.53. The summed E-state index contributed by atoms with van der Waals surface area (Å²) in [6.45, 7) is 3.31. The molecule has 1 aliphatic heterocycles. The normalized spacial score (nSPS) is 14.1. The SMILES string of the molecule is C1=CC(CN(Cc2ccccn2)Cc2ccccn2)=NCC1. The minimum atomic E-state index is 0.796. The number of pyridine rings is 2. The van der Waals surface area contributed by atoms with Crippen molar-refractivity contribution in [1.29, 1.82) is 0 Å². The summed E-state index contributed by atoms with van der Waals surface area (Å²) >= 11 is 0. The van der Waals surface area contributed by atoms with Crippen molar-refractivity contribution in [3.05, 3.63) is 72.3 Å².